The molecule has 11 rings (SSSR count). The highest BCUT2D eigenvalue weighted by Gasteiger charge is 2.26. The Balaban J connectivity index is 0.000000167. The van der Waals surface area contributed by atoms with E-state index in [0.717, 1.165) is 83.0 Å². The van der Waals surface area contributed by atoms with Gasteiger partial charge in [-0.25, -0.2) is 0 Å². The molecule has 11 nitrogen and oxygen atoms in total. The normalized spacial score (nSPS) is 13.2. The lowest BCUT2D eigenvalue weighted by Crippen LogP contribution is -3.00. The van der Waals surface area contributed by atoms with Gasteiger partial charge in [-0.1, -0.05) is 103 Å². The number of Topliss-reactive ketones (excluding diaryl/α,β-unsaturated/α-hetero) is 1. The summed E-state index contributed by atoms with van der Waals surface area (Å²) in [6.45, 7) is 0.504. The molecule has 0 spiro atoms. The Morgan fingerprint density at radius 3 is 1.41 bits per heavy atom. The highest BCUT2D eigenvalue weighted by molar-refractivity contribution is 7.48. The summed E-state index contributed by atoms with van der Waals surface area (Å²) in [6.07, 6.45) is 10.8. The van der Waals surface area contributed by atoms with Gasteiger partial charge in [-0.15, -0.1) is 0 Å². The summed E-state index contributed by atoms with van der Waals surface area (Å²) in [6, 6.07) is 57.2. The van der Waals surface area contributed by atoms with E-state index in [1.807, 2.05) is 202 Å². The van der Waals surface area contributed by atoms with E-state index in [9.17, 15) is 14.4 Å². The minimum atomic E-state index is 0. The fourth-order valence-electron chi connectivity index (χ4n) is 7.21. The predicted molar refractivity (Wildman–Crippen MR) is 299 cm³/mol. The van der Waals surface area contributed by atoms with Gasteiger partial charge < -0.3 is 55.2 Å². The number of ether oxygens (including phenoxy) is 6. The molecule has 0 aromatic heterocycles. The van der Waals surface area contributed by atoms with Gasteiger partial charge in [-0.2, -0.15) is 0 Å². The van der Waals surface area contributed by atoms with E-state index in [2.05, 4.69) is 12.1 Å². The molecule has 390 valence electrons. The molecule has 7 aromatic rings. The Labute approximate surface area is 453 Å². The minimum absolute atomic E-state index is 0. The summed E-state index contributed by atoms with van der Waals surface area (Å²) in [5.41, 5.74) is 5.59. The van der Waals surface area contributed by atoms with E-state index in [0.29, 0.717) is 48.3 Å². The lowest BCUT2D eigenvalue weighted by atomic mass is 10.1. The minimum Gasteiger partial charge on any atom is -1.00 e. The van der Waals surface area contributed by atoms with E-state index in [4.69, 9.17) is 28.4 Å². The fraction of sp³-hybridized carbons (Fsp3) is 0.242. The van der Waals surface area contributed by atoms with Crippen LogP contribution < -0.4 is 60.5 Å². The zero-order valence-electron chi connectivity index (χ0n) is 43.0. The van der Waals surface area contributed by atoms with Gasteiger partial charge in [0.15, 0.2) is 40.9 Å². The monoisotopic (exact) mass is 1090 g/mol. The van der Waals surface area contributed by atoms with Crippen LogP contribution in [0.3, 0.4) is 0 Å². The zero-order chi connectivity index (χ0) is 51.9. The van der Waals surface area contributed by atoms with Crippen LogP contribution in [0, 0.1) is 0 Å². The van der Waals surface area contributed by atoms with E-state index < -0.39 is 0 Å². The van der Waals surface area contributed by atoms with Crippen molar-refractivity contribution in [2.24, 2.45) is 0 Å². The lowest BCUT2D eigenvalue weighted by molar-refractivity contribution is -0.116. The fourth-order valence-corrected chi connectivity index (χ4v) is 8.31. The molecule has 2 aliphatic carbocycles. The summed E-state index contributed by atoms with van der Waals surface area (Å²) in [5, 5.41) is 1.28. The Morgan fingerprint density at radius 2 is 0.960 bits per heavy atom. The van der Waals surface area contributed by atoms with Crippen molar-refractivity contribution in [1.82, 2.24) is 0 Å². The number of carbonyl (C=O) groups is 3. The first-order chi connectivity index (χ1) is 36.1. The number of aldehydes is 1. The Morgan fingerprint density at radius 1 is 0.533 bits per heavy atom. The quantitative estimate of drug-likeness (QED) is 0.0527. The van der Waals surface area contributed by atoms with Crippen molar-refractivity contribution in [2.75, 3.05) is 57.7 Å². The Bertz CT molecular complexity index is 2810. The van der Waals surface area contributed by atoms with Gasteiger partial charge in [0.2, 0.25) is 13.6 Å². The van der Waals surface area contributed by atoms with Crippen molar-refractivity contribution in [2.45, 2.75) is 50.7 Å². The largest absolute Gasteiger partial charge is 1.00 e. The second kappa shape index (κ2) is 30.1. The molecule has 2 fully saturated rings. The highest BCUT2D eigenvalue weighted by atomic mass is 79.9. The van der Waals surface area contributed by atoms with E-state index in [-0.39, 0.29) is 50.7 Å². The van der Waals surface area contributed by atoms with E-state index in [1.54, 1.807) is 12.1 Å². The molecule has 4 aliphatic rings. The van der Waals surface area contributed by atoms with Crippen molar-refractivity contribution < 1.29 is 59.8 Å². The number of benzene rings is 7. The molecule has 2 heterocycles. The maximum atomic E-state index is 12.4. The SMILES string of the molecule is CN(C)c1ccc(/C=C/C(=O)Cc2ccc3c(c2)OCO3)c(OC2CC2)c1.CN(C)c1ccc(C=O)c(OC2CC2)c1.O=C(C[PH2+]c1ccccc1)Cc1ccc2c(c1)OCO2.[Br-].c1ccccc1.c1ccccc1. The second-order valence-electron chi connectivity index (χ2n) is 18.2. The van der Waals surface area contributed by atoms with Gasteiger partial charge in [0, 0.05) is 78.7 Å². The molecule has 1 atom stereocenters. The third-order valence-corrected chi connectivity index (χ3v) is 13.1. The molecule has 2 aliphatic heterocycles. The highest BCUT2D eigenvalue weighted by Crippen LogP contribution is 2.36. The maximum Gasteiger partial charge on any atom is 0.231 e. The van der Waals surface area contributed by atoms with Crippen LogP contribution in [0.2, 0.25) is 0 Å². The Kier molecular flexibility index (Phi) is 22.8. The Hall–Kier alpha value is -7.40. The average molecular weight is 1090 g/mol. The number of anilines is 2. The molecule has 75 heavy (non-hydrogen) atoms. The van der Waals surface area contributed by atoms with Gasteiger partial charge in [-0.05, 0) is 110 Å². The molecule has 0 bridgehead atoms. The van der Waals surface area contributed by atoms with Gasteiger partial charge >= 0.3 is 0 Å². The van der Waals surface area contributed by atoms with Crippen LogP contribution in [-0.4, -0.2) is 78.0 Å². The molecule has 1 unspecified atom stereocenters. The number of fused-ring (bicyclic) bond motifs is 2. The molecule has 0 saturated heterocycles. The van der Waals surface area contributed by atoms with Gasteiger partial charge in [0.25, 0.3) is 0 Å². The lowest BCUT2D eigenvalue weighted by Gasteiger charge is -2.16. The number of nitrogens with zero attached hydrogens (tertiary/aromatic N) is 2. The third kappa shape index (κ3) is 19.8. The van der Waals surface area contributed by atoms with Crippen LogP contribution in [-0.2, 0) is 22.4 Å². The van der Waals surface area contributed by atoms with Gasteiger partial charge in [0.05, 0.1) is 23.1 Å². The summed E-state index contributed by atoms with van der Waals surface area (Å²) >= 11 is 0. The van der Waals surface area contributed by atoms with Crippen molar-refractivity contribution in [3.05, 3.63) is 204 Å². The van der Waals surface area contributed by atoms with Crippen LogP contribution in [0.15, 0.2) is 182 Å². The van der Waals surface area contributed by atoms with E-state index >= 15 is 0 Å². The first-order valence-electron chi connectivity index (χ1n) is 24.9. The number of hydrogen-bond acceptors (Lipinski definition) is 11. The van der Waals surface area contributed by atoms with Crippen molar-refractivity contribution in [1.29, 1.82) is 0 Å². The molecule has 0 amide bonds. The van der Waals surface area contributed by atoms with Crippen molar-refractivity contribution in [3.63, 3.8) is 0 Å². The first-order valence-corrected chi connectivity index (χ1v) is 26.3. The summed E-state index contributed by atoms with van der Waals surface area (Å²) < 4.78 is 33.0. The number of halogens is 1. The molecule has 0 N–H and O–H groups in total. The molecular weight excluding hydrogens is 1030 g/mol. The first kappa shape index (κ1) is 56.9. The molecule has 13 heteroatoms. The van der Waals surface area contributed by atoms with Crippen molar-refractivity contribution >= 4 is 49.2 Å². The van der Waals surface area contributed by atoms with Crippen LogP contribution in [0.5, 0.6) is 34.5 Å². The molecule has 7 aromatic carbocycles. The molecular formula is C62H66BrN2O9P. The smallest absolute Gasteiger partial charge is 0.231 e. The van der Waals surface area contributed by atoms with Crippen LogP contribution >= 0.6 is 8.58 Å². The summed E-state index contributed by atoms with van der Waals surface area (Å²) in [4.78, 5) is 39.3. The molecule has 0 radical (unpaired) electrons. The second-order valence-corrected chi connectivity index (χ2v) is 19.7. The number of carbonyl (C=O) groups excluding carboxylic acids is 3. The zero-order valence-corrected chi connectivity index (χ0v) is 45.8. The van der Waals surface area contributed by atoms with Gasteiger partial charge in [-0.3, -0.25) is 14.4 Å². The van der Waals surface area contributed by atoms with Crippen LogP contribution in [0.1, 0.15) is 52.7 Å². The van der Waals surface area contributed by atoms with Crippen LogP contribution in [0.4, 0.5) is 11.4 Å². The number of rotatable bonds is 16. The topological polar surface area (TPSA) is 113 Å². The molecule has 2 saturated carbocycles. The number of allylic oxidation sites excluding steroid dienone is 1. The summed E-state index contributed by atoms with van der Waals surface area (Å²) in [7, 11) is 7.96. The number of hydrogen-bond donors (Lipinski definition) is 0. The third-order valence-electron chi connectivity index (χ3n) is 11.6. The number of ketones is 2. The van der Waals surface area contributed by atoms with Crippen LogP contribution in [0.25, 0.3) is 6.08 Å². The van der Waals surface area contributed by atoms with Crippen molar-refractivity contribution in [3.8, 4) is 34.5 Å². The average Bonchev–Trinajstić information content (AvgIpc) is 4.34. The van der Waals surface area contributed by atoms with Gasteiger partial charge in [0.1, 0.15) is 17.7 Å². The van der Waals surface area contributed by atoms with E-state index in [1.165, 1.54) is 5.30 Å². The maximum absolute atomic E-state index is 12.4. The standard InChI is InChI=1S/C22H23NO4.C16H15O3P.C12H15NO2.2C6H6.BrH/c1-23(2)17-6-4-16(21(13-17)27-19-8-9-19)5-7-18(24)11-15-3-10-20-22(12-15)26-14-25-20;17-13(10-20-14-4-2-1-3-5-14)8-12-6-7-15-16(9-12)19-11-18-15;1-13(2)10-4-3-9(8-14)12(7-10)15-11-5-6-11;2*1-2-4-6-5-3-1;/h3-7,10,12-13,19H,8-9,11,14H2,1-2H3;1-7,9,20H,8,10-11H2;3-4,7-8,11H,5-6H2,1-2H3;2*1-6H;1H/b7-5+;;;;;. The predicted octanol–water partition coefficient (Wildman–Crippen LogP) is 8.59. The summed E-state index contributed by atoms with van der Waals surface area (Å²) in [5.74, 6) is 4.77.